The number of nitrogens with zero attached hydrogens (tertiary/aromatic N) is 4. The lowest BCUT2D eigenvalue weighted by Gasteiger charge is -2.31. The highest BCUT2D eigenvalue weighted by atomic mass is 32.1. The minimum absolute atomic E-state index is 0.00491. The van der Waals surface area contributed by atoms with Gasteiger partial charge in [0.1, 0.15) is 16.8 Å². The molecule has 1 saturated heterocycles. The number of morpholine rings is 1. The van der Waals surface area contributed by atoms with Gasteiger partial charge in [0.15, 0.2) is 0 Å². The van der Waals surface area contributed by atoms with Gasteiger partial charge >= 0.3 is 0 Å². The first-order valence-electron chi connectivity index (χ1n) is 7.50. The van der Waals surface area contributed by atoms with Crippen molar-refractivity contribution in [1.82, 2.24) is 19.3 Å². The molecular weight excluding hydrogens is 312 g/mol. The van der Waals surface area contributed by atoms with Crippen molar-refractivity contribution in [2.75, 3.05) is 19.7 Å². The minimum atomic E-state index is -0.0460. The number of rotatable bonds is 3. The first-order chi connectivity index (χ1) is 11.3. The molecule has 0 unspecified atom stereocenters. The number of aromatic nitrogens is 3. The molecule has 0 spiro atoms. The van der Waals surface area contributed by atoms with E-state index in [1.54, 1.807) is 34.2 Å². The smallest absolute Gasteiger partial charge is 0.258 e. The van der Waals surface area contributed by atoms with E-state index in [9.17, 15) is 4.79 Å². The van der Waals surface area contributed by atoms with E-state index in [1.807, 2.05) is 23.6 Å². The zero-order valence-corrected chi connectivity index (χ0v) is 13.3. The van der Waals surface area contributed by atoms with Crippen LogP contribution >= 0.6 is 11.3 Å². The topological polar surface area (TPSA) is 59.7 Å². The lowest BCUT2D eigenvalue weighted by Crippen LogP contribution is -2.38. The fourth-order valence-electron chi connectivity index (χ4n) is 2.80. The van der Waals surface area contributed by atoms with E-state index in [0.717, 1.165) is 23.8 Å². The summed E-state index contributed by atoms with van der Waals surface area (Å²) in [6.07, 6.45) is 3.54. The Morgan fingerprint density at radius 2 is 2.35 bits per heavy atom. The van der Waals surface area contributed by atoms with Crippen LogP contribution in [0, 0.1) is 0 Å². The van der Waals surface area contributed by atoms with Crippen LogP contribution in [0.4, 0.5) is 0 Å². The molecule has 4 rings (SSSR count). The zero-order valence-electron chi connectivity index (χ0n) is 12.5. The Labute approximate surface area is 137 Å². The van der Waals surface area contributed by atoms with Crippen molar-refractivity contribution in [3.63, 3.8) is 0 Å². The second kappa shape index (κ2) is 6.19. The molecule has 0 saturated carbocycles. The van der Waals surface area contributed by atoms with Crippen LogP contribution in [0.2, 0.25) is 0 Å². The van der Waals surface area contributed by atoms with Crippen LogP contribution in [0.3, 0.4) is 0 Å². The van der Waals surface area contributed by atoms with Crippen molar-refractivity contribution in [3.05, 3.63) is 63.1 Å². The van der Waals surface area contributed by atoms with Crippen LogP contribution in [0.5, 0.6) is 0 Å². The first kappa shape index (κ1) is 14.5. The molecule has 0 radical (unpaired) electrons. The highest BCUT2D eigenvalue weighted by molar-refractivity contribution is 7.09. The summed E-state index contributed by atoms with van der Waals surface area (Å²) in [5.74, 6) is 0. The largest absolute Gasteiger partial charge is 0.368 e. The molecule has 23 heavy (non-hydrogen) atoms. The van der Waals surface area contributed by atoms with Gasteiger partial charge in [-0.3, -0.25) is 14.1 Å². The Hall–Kier alpha value is -2.09. The van der Waals surface area contributed by atoms with Crippen molar-refractivity contribution in [3.8, 4) is 0 Å². The normalized spacial score (nSPS) is 19.2. The molecule has 0 aromatic carbocycles. The van der Waals surface area contributed by atoms with E-state index in [2.05, 4.69) is 14.9 Å². The summed E-state index contributed by atoms with van der Waals surface area (Å²) in [5, 5.41) is 2.96. The monoisotopic (exact) mass is 328 g/mol. The molecule has 3 aromatic rings. The molecule has 118 valence electrons. The summed E-state index contributed by atoms with van der Waals surface area (Å²) < 4.78 is 7.36. The number of thiazole rings is 1. The molecule has 1 atom stereocenters. The number of hydrogen-bond acceptors (Lipinski definition) is 6. The van der Waals surface area contributed by atoms with Gasteiger partial charge in [-0.2, -0.15) is 0 Å². The summed E-state index contributed by atoms with van der Waals surface area (Å²) in [4.78, 5) is 23.3. The van der Waals surface area contributed by atoms with Gasteiger partial charge in [0.2, 0.25) is 0 Å². The number of hydrogen-bond donors (Lipinski definition) is 0. The average molecular weight is 328 g/mol. The molecule has 6 nitrogen and oxygen atoms in total. The molecule has 1 aliphatic rings. The molecule has 0 bridgehead atoms. The second-order valence-electron chi connectivity index (χ2n) is 5.48. The van der Waals surface area contributed by atoms with Gasteiger partial charge < -0.3 is 4.74 Å². The second-order valence-corrected chi connectivity index (χ2v) is 6.41. The summed E-state index contributed by atoms with van der Waals surface area (Å²) >= 11 is 1.61. The number of fused-ring (bicyclic) bond motifs is 1. The van der Waals surface area contributed by atoms with Crippen LogP contribution < -0.4 is 5.56 Å². The van der Waals surface area contributed by atoms with Crippen molar-refractivity contribution in [2.45, 2.75) is 12.6 Å². The van der Waals surface area contributed by atoms with E-state index in [4.69, 9.17) is 4.74 Å². The molecule has 0 N–H and O–H groups in total. The summed E-state index contributed by atoms with van der Waals surface area (Å²) in [6, 6.07) is 7.18. The number of pyridine rings is 1. The predicted molar refractivity (Wildman–Crippen MR) is 87.5 cm³/mol. The van der Waals surface area contributed by atoms with E-state index in [-0.39, 0.29) is 11.7 Å². The Bertz CT molecular complexity index is 862. The third-order valence-electron chi connectivity index (χ3n) is 3.89. The maximum Gasteiger partial charge on any atom is 0.258 e. The Morgan fingerprint density at radius 3 is 3.22 bits per heavy atom. The summed E-state index contributed by atoms with van der Waals surface area (Å²) in [5.41, 5.74) is 1.43. The molecular formula is C16H16N4O2S. The molecule has 4 heterocycles. The van der Waals surface area contributed by atoms with Crippen LogP contribution in [0.15, 0.2) is 46.8 Å². The van der Waals surface area contributed by atoms with Gasteiger partial charge in [0.25, 0.3) is 5.56 Å². The quantitative estimate of drug-likeness (QED) is 0.733. The van der Waals surface area contributed by atoms with Crippen LogP contribution in [0.1, 0.15) is 16.8 Å². The van der Waals surface area contributed by atoms with E-state index in [1.165, 1.54) is 0 Å². The van der Waals surface area contributed by atoms with Gasteiger partial charge in [0.05, 0.1) is 12.3 Å². The molecule has 1 fully saturated rings. The maximum atomic E-state index is 12.2. The Balaban J connectivity index is 1.54. The Kier molecular flexibility index (Phi) is 3.90. The van der Waals surface area contributed by atoms with Crippen molar-refractivity contribution >= 4 is 17.0 Å². The van der Waals surface area contributed by atoms with Crippen LogP contribution in [-0.4, -0.2) is 39.0 Å². The highest BCUT2D eigenvalue weighted by Gasteiger charge is 2.24. The predicted octanol–water partition coefficient (Wildman–Crippen LogP) is 1.72. The lowest BCUT2D eigenvalue weighted by atomic mass is 10.2. The van der Waals surface area contributed by atoms with Crippen LogP contribution in [0.25, 0.3) is 5.65 Å². The minimum Gasteiger partial charge on any atom is -0.368 e. The number of ether oxygens (including phenoxy) is 1. The fourth-order valence-corrected chi connectivity index (χ4v) is 3.48. The molecule has 0 amide bonds. The van der Waals surface area contributed by atoms with Gasteiger partial charge in [-0.1, -0.05) is 6.07 Å². The van der Waals surface area contributed by atoms with Gasteiger partial charge in [-0.15, -0.1) is 11.3 Å². The standard InChI is InChI=1S/C16H16N4O2S/c21-15-9-12(18-14-3-1-2-5-20(14)15)10-19-6-7-22-13(11-19)16-17-4-8-23-16/h1-5,8-9,13H,6-7,10-11H2/t13-/m0/s1. The molecule has 7 heteroatoms. The average Bonchev–Trinajstić information content (AvgIpc) is 3.10. The SMILES string of the molecule is O=c1cc(CN2CCO[C@H](c3nccs3)C2)nc2ccccn12. The Morgan fingerprint density at radius 1 is 1.39 bits per heavy atom. The highest BCUT2D eigenvalue weighted by Crippen LogP contribution is 2.24. The maximum absolute atomic E-state index is 12.2. The van der Waals surface area contributed by atoms with Crippen molar-refractivity contribution in [1.29, 1.82) is 0 Å². The fraction of sp³-hybridized carbons (Fsp3) is 0.312. The molecule has 3 aromatic heterocycles. The first-order valence-corrected chi connectivity index (χ1v) is 8.38. The van der Waals surface area contributed by atoms with Crippen molar-refractivity contribution in [2.24, 2.45) is 0 Å². The third-order valence-corrected chi connectivity index (χ3v) is 4.75. The van der Waals surface area contributed by atoms with E-state index in [0.29, 0.717) is 18.8 Å². The van der Waals surface area contributed by atoms with Gasteiger partial charge in [-0.05, 0) is 12.1 Å². The third kappa shape index (κ3) is 3.03. The van der Waals surface area contributed by atoms with E-state index < -0.39 is 0 Å². The summed E-state index contributed by atoms with van der Waals surface area (Å²) in [7, 11) is 0. The van der Waals surface area contributed by atoms with Gasteiger partial charge in [-0.25, -0.2) is 9.97 Å². The lowest BCUT2D eigenvalue weighted by molar-refractivity contribution is -0.0333. The molecule has 0 aliphatic carbocycles. The van der Waals surface area contributed by atoms with Crippen LogP contribution in [-0.2, 0) is 11.3 Å². The molecule has 1 aliphatic heterocycles. The van der Waals surface area contributed by atoms with Gasteiger partial charge in [0, 0.05) is 43.5 Å². The van der Waals surface area contributed by atoms with Crippen molar-refractivity contribution < 1.29 is 4.74 Å². The zero-order chi connectivity index (χ0) is 15.6. The summed E-state index contributed by atoms with van der Waals surface area (Å²) in [6.45, 7) is 2.91. The van der Waals surface area contributed by atoms with E-state index >= 15 is 0 Å².